The number of hydrogen-bond acceptors (Lipinski definition) is 3. The van der Waals surface area contributed by atoms with E-state index < -0.39 is 0 Å². The standard InChI is InChI=1S/C10H16N4O/c1-7(2)10(15)11-6-9-13-12-8-4-3-5-14(8)9/h7H,3-6H2,1-2H3,(H,11,15). The molecule has 1 aromatic rings. The molecule has 2 rings (SSSR count). The fraction of sp³-hybridized carbons (Fsp3) is 0.700. The maximum absolute atomic E-state index is 11.4. The number of nitrogens with zero attached hydrogens (tertiary/aromatic N) is 3. The highest BCUT2D eigenvalue weighted by Crippen LogP contribution is 2.13. The zero-order valence-electron chi connectivity index (χ0n) is 9.16. The normalized spacial score (nSPS) is 14.3. The Balaban J connectivity index is 1.97. The van der Waals surface area contributed by atoms with E-state index >= 15 is 0 Å². The van der Waals surface area contributed by atoms with Crippen molar-refractivity contribution in [3.05, 3.63) is 11.6 Å². The Hall–Kier alpha value is -1.39. The van der Waals surface area contributed by atoms with Gasteiger partial charge < -0.3 is 9.88 Å². The van der Waals surface area contributed by atoms with Crippen LogP contribution in [0.2, 0.25) is 0 Å². The van der Waals surface area contributed by atoms with E-state index in [-0.39, 0.29) is 11.8 Å². The average Bonchev–Trinajstić information content (AvgIpc) is 2.76. The first-order valence-corrected chi connectivity index (χ1v) is 5.37. The van der Waals surface area contributed by atoms with Crippen LogP contribution in [0.25, 0.3) is 0 Å². The van der Waals surface area contributed by atoms with Crippen molar-refractivity contribution in [3.63, 3.8) is 0 Å². The molecule has 15 heavy (non-hydrogen) atoms. The summed E-state index contributed by atoms with van der Waals surface area (Å²) in [6.45, 7) is 5.23. The second-order valence-corrected chi connectivity index (χ2v) is 4.16. The van der Waals surface area contributed by atoms with Gasteiger partial charge in [-0.25, -0.2) is 0 Å². The number of nitrogens with one attached hydrogen (secondary N) is 1. The molecular formula is C10H16N4O. The van der Waals surface area contributed by atoms with Crippen LogP contribution < -0.4 is 5.32 Å². The van der Waals surface area contributed by atoms with Gasteiger partial charge in [0.25, 0.3) is 0 Å². The molecule has 0 spiro atoms. The smallest absolute Gasteiger partial charge is 0.222 e. The molecule has 2 heterocycles. The van der Waals surface area contributed by atoms with Crippen LogP contribution in [0.4, 0.5) is 0 Å². The molecule has 0 aromatic carbocycles. The lowest BCUT2D eigenvalue weighted by Gasteiger charge is -2.07. The Kier molecular flexibility index (Phi) is 2.70. The zero-order chi connectivity index (χ0) is 10.8. The number of aromatic nitrogens is 3. The highest BCUT2D eigenvalue weighted by Gasteiger charge is 2.17. The second kappa shape index (κ2) is 4.00. The Labute approximate surface area is 88.9 Å². The van der Waals surface area contributed by atoms with Gasteiger partial charge in [0.15, 0.2) is 5.82 Å². The van der Waals surface area contributed by atoms with Crippen molar-refractivity contribution in [2.75, 3.05) is 0 Å². The van der Waals surface area contributed by atoms with Gasteiger partial charge in [0.05, 0.1) is 6.54 Å². The minimum Gasteiger partial charge on any atom is -0.349 e. The SMILES string of the molecule is CC(C)C(=O)NCc1nnc2n1CCC2. The molecule has 0 saturated heterocycles. The zero-order valence-corrected chi connectivity index (χ0v) is 9.16. The maximum Gasteiger partial charge on any atom is 0.222 e. The summed E-state index contributed by atoms with van der Waals surface area (Å²) in [4.78, 5) is 11.4. The lowest BCUT2D eigenvalue weighted by molar-refractivity contribution is -0.124. The van der Waals surface area contributed by atoms with Crippen molar-refractivity contribution in [1.29, 1.82) is 0 Å². The number of amides is 1. The van der Waals surface area contributed by atoms with Crippen LogP contribution in [0.3, 0.4) is 0 Å². The molecule has 5 nitrogen and oxygen atoms in total. The van der Waals surface area contributed by atoms with E-state index in [1.54, 1.807) is 0 Å². The van der Waals surface area contributed by atoms with Crippen LogP contribution in [0.5, 0.6) is 0 Å². The van der Waals surface area contributed by atoms with Crippen molar-refractivity contribution < 1.29 is 4.79 Å². The van der Waals surface area contributed by atoms with E-state index in [0.717, 1.165) is 31.0 Å². The van der Waals surface area contributed by atoms with Gasteiger partial charge in [-0.05, 0) is 6.42 Å². The largest absolute Gasteiger partial charge is 0.349 e. The predicted molar refractivity (Wildman–Crippen MR) is 55.0 cm³/mol. The lowest BCUT2D eigenvalue weighted by Crippen LogP contribution is -2.28. The van der Waals surface area contributed by atoms with Crippen molar-refractivity contribution in [2.45, 2.75) is 39.8 Å². The summed E-state index contributed by atoms with van der Waals surface area (Å²) in [7, 11) is 0. The lowest BCUT2D eigenvalue weighted by atomic mass is 10.2. The molecule has 1 aromatic heterocycles. The maximum atomic E-state index is 11.4. The topological polar surface area (TPSA) is 59.8 Å². The molecule has 0 radical (unpaired) electrons. The molecular weight excluding hydrogens is 192 g/mol. The Bertz CT molecular complexity index is 369. The van der Waals surface area contributed by atoms with E-state index in [4.69, 9.17) is 0 Å². The van der Waals surface area contributed by atoms with Crippen LogP contribution in [-0.4, -0.2) is 20.7 Å². The quantitative estimate of drug-likeness (QED) is 0.786. The van der Waals surface area contributed by atoms with Gasteiger partial charge >= 0.3 is 0 Å². The van der Waals surface area contributed by atoms with Gasteiger partial charge in [0.2, 0.25) is 5.91 Å². The summed E-state index contributed by atoms with van der Waals surface area (Å²) >= 11 is 0. The van der Waals surface area contributed by atoms with Gasteiger partial charge in [0, 0.05) is 18.9 Å². The fourth-order valence-corrected chi connectivity index (χ4v) is 1.71. The summed E-state index contributed by atoms with van der Waals surface area (Å²) in [5.74, 6) is 2.00. The van der Waals surface area contributed by atoms with E-state index in [1.165, 1.54) is 0 Å². The molecule has 0 aliphatic carbocycles. The molecule has 82 valence electrons. The van der Waals surface area contributed by atoms with Gasteiger partial charge in [-0.2, -0.15) is 0 Å². The molecule has 1 aliphatic heterocycles. The predicted octanol–water partition coefficient (Wildman–Crippen LogP) is 0.496. The van der Waals surface area contributed by atoms with Gasteiger partial charge in [0.1, 0.15) is 5.82 Å². The van der Waals surface area contributed by atoms with Crippen molar-refractivity contribution in [1.82, 2.24) is 20.1 Å². The Morgan fingerprint density at radius 1 is 1.53 bits per heavy atom. The number of carbonyl (C=O) groups excluding carboxylic acids is 1. The minimum atomic E-state index is 0.0194. The van der Waals surface area contributed by atoms with E-state index in [2.05, 4.69) is 20.1 Å². The summed E-state index contributed by atoms with van der Waals surface area (Å²) in [5, 5.41) is 11.0. The van der Waals surface area contributed by atoms with Crippen LogP contribution in [0.15, 0.2) is 0 Å². The first-order chi connectivity index (χ1) is 7.18. The van der Waals surface area contributed by atoms with Crippen LogP contribution in [0, 0.1) is 5.92 Å². The Morgan fingerprint density at radius 3 is 3.07 bits per heavy atom. The summed E-state index contributed by atoms with van der Waals surface area (Å²) < 4.78 is 2.10. The number of aryl methyl sites for hydroxylation is 1. The first kappa shape index (κ1) is 10.1. The third-order valence-electron chi connectivity index (χ3n) is 2.63. The molecule has 5 heteroatoms. The number of rotatable bonds is 3. The van der Waals surface area contributed by atoms with Crippen molar-refractivity contribution in [3.8, 4) is 0 Å². The van der Waals surface area contributed by atoms with Crippen molar-refractivity contribution in [2.24, 2.45) is 5.92 Å². The van der Waals surface area contributed by atoms with Crippen LogP contribution in [0.1, 0.15) is 31.9 Å². The average molecular weight is 208 g/mol. The third-order valence-corrected chi connectivity index (χ3v) is 2.63. The van der Waals surface area contributed by atoms with Gasteiger partial charge in [-0.3, -0.25) is 4.79 Å². The summed E-state index contributed by atoms with van der Waals surface area (Å²) in [6, 6.07) is 0. The van der Waals surface area contributed by atoms with Crippen LogP contribution >= 0.6 is 0 Å². The number of carbonyl (C=O) groups is 1. The molecule has 0 bridgehead atoms. The van der Waals surface area contributed by atoms with E-state index in [9.17, 15) is 4.79 Å². The highest BCUT2D eigenvalue weighted by molar-refractivity contribution is 5.77. The minimum absolute atomic E-state index is 0.0194. The third kappa shape index (κ3) is 2.00. The summed E-state index contributed by atoms with van der Waals surface area (Å²) in [6.07, 6.45) is 2.14. The molecule has 0 saturated carbocycles. The van der Waals surface area contributed by atoms with Crippen molar-refractivity contribution >= 4 is 5.91 Å². The molecule has 1 amide bonds. The number of hydrogen-bond donors (Lipinski definition) is 1. The van der Waals surface area contributed by atoms with E-state index in [0.29, 0.717) is 6.54 Å². The molecule has 0 unspecified atom stereocenters. The van der Waals surface area contributed by atoms with Crippen LogP contribution in [-0.2, 0) is 24.3 Å². The second-order valence-electron chi connectivity index (χ2n) is 4.16. The Morgan fingerprint density at radius 2 is 2.33 bits per heavy atom. The van der Waals surface area contributed by atoms with Gasteiger partial charge in [-0.1, -0.05) is 13.8 Å². The molecule has 0 atom stereocenters. The highest BCUT2D eigenvalue weighted by atomic mass is 16.1. The first-order valence-electron chi connectivity index (χ1n) is 5.37. The molecule has 1 N–H and O–H groups in total. The van der Waals surface area contributed by atoms with Gasteiger partial charge in [-0.15, -0.1) is 10.2 Å². The molecule has 0 fully saturated rings. The summed E-state index contributed by atoms with van der Waals surface area (Å²) in [5.41, 5.74) is 0. The molecule has 1 aliphatic rings. The number of fused-ring (bicyclic) bond motifs is 1. The fourth-order valence-electron chi connectivity index (χ4n) is 1.71. The van der Waals surface area contributed by atoms with E-state index in [1.807, 2.05) is 13.8 Å². The monoisotopic (exact) mass is 208 g/mol.